The number of carbonyl (C=O) groups excluding carboxylic acids is 1. The molecule has 4 heteroatoms. The van der Waals surface area contributed by atoms with E-state index in [2.05, 4.69) is 10.2 Å². The van der Waals surface area contributed by atoms with Crippen LogP contribution in [-0.4, -0.2) is 23.9 Å². The first-order valence-corrected chi connectivity index (χ1v) is 7.19. The van der Waals surface area contributed by atoms with Crippen molar-refractivity contribution in [1.82, 2.24) is 4.90 Å². The van der Waals surface area contributed by atoms with E-state index < -0.39 is 0 Å². The first-order valence-electron chi connectivity index (χ1n) is 6.81. The predicted molar refractivity (Wildman–Crippen MR) is 78.1 cm³/mol. The average Bonchev–Trinajstić information content (AvgIpc) is 2.58. The number of carbonyl (C=O) groups is 1. The molecule has 3 rings (SSSR count). The van der Waals surface area contributed by atoms with Gasteiger partial charge >= 0.3 is 0 Å². The molecule has 0 atom stereocenters. The molecule has 0 spiro atoms. The van der Waals surface area contributed by atoms with Crippen LogP contribution in [0, 0.1) is 0 Å². The van der Waals surface area contributed by atoms with Crippen molar-refractivity contribution >= 4 is 28.8 Å². The summed E-state index contributed by atoms with van der Waals surface area (Å²) in [4.78, 5) is 14.3. The Labute approximate surface area is 118 Å². The van der Waals surface area contributed by atoms with E-state index >= 15 is 0 Å². The molecule has 1 aromatic rings. The van der Waals surface area contributed by atoms with Gasteiger partial charge in [-0.3, -0.25) is 4.79 Å². The zero-order valence-electron chi connectivity index (χ0n) is 10.8. The molecule has 0 bridgehead atoms. The van der Waals surface area contributed by atoms with Gasteiger partial charge in [-0.25, -0.2) is 0 Å². The van der Waals surface area contributed by atoms with E-state index in [1.165, 1.54) is 25.7 Å². The smallest absolute Gasteiger partial charge is 0.257 e. The minimum absolute atomic E-state index is 0.0264. The lowest BCUT2D eigenvalue weighted by Crippen LogP contribution is -2.19. The SMILES string of the molecule is O=C1Nc2ccc(Cl)cc2/C1=C\N1CCCCCC1. The van der Waals surface area contributed by atoms with Gasteiger partial charge < -0.3 is 10.2 Å². The molecule has 0 unspecified atom stereocenters. The van der Waals surface area contributed by atoms with E-state index in [0.717, 1.165) is 29.9 Å². The van der Waals surface area contributed by atoms with E-state index in [9.17, 15) is 4.79 Å². The molecule has 0 aromatic heterocycles. The monoisotopic (exact) mass is 276 g/mol. The third-order valence-electron chi connectivity index (χ3n) is 3.72. The van der Waals surface area contributed by atoms with Crippen molar-refractivity contribution in [2.24, 2.45) is 0 Å². The van der Waals surface area contributed by atoms with Crippen LogP contribution in [0.25, 0.3) is 5.57 Å². The fourth-order valence-electron chi connectivity index (χ4n) is 2.70. The molecule has 1 fully saturated rings. The van der Waals surface area contributed by atoms with Crippen molar-refractivity contribution in [2.75, 3.05) is 18.4 Å². The topological polar surface area (TPSA) is 32.3 Å². The lowest BCUT2D eigenvalue weighted by Gasteiger charge is -2.18. The Morgan fingerprint density at radius 2 is 1.89 bits per heavy atom. The summed E-state index contributed by atoms with van der Waals surface area (Å²) in [6.45, 7) is 2.07. The van der Waals surface area contributed by atoms with E-state index in [4.69, 9.17) is 11.6 Å². The van der Waals surface area contributed by atoms with E-state index in [0.29, 0.717) is 5.02 Å². The van der Waals surface area contributed by atoms with Crippen LogP contribution in [0.2, 0.25) is 5.02 Å². The molecule has 2 heterocycles. The van der Waals surface area contributed by atoms with Gasteiger partial charge in [-0.2, -0.15) is 0 Å². The fourth-order valence-corrected chi connectivity index (χ4v) is 2.87. The number of benzene rings is 1. The van der Waals surface area contributed by atoms with Gasteiger partial charge in [-0.1, -0.05) is 24.4 Å². The molecule has 2 aliphatic heterocycles. The van der Waals surface area contributed by atoms with Gasteiger partial charge in [-0.15, -0.1) is 0 Å². The molecule has 1 aromatic carbocycles. The minimum Gasteiger partial charge on any atom is -0.377 e. The number of amides is 1. The summed E-state index contributed by atoms with van der Waals surface area (Å²) < 4.78 is 0. The Morgan fingerprint density at radius 3 is 2.63 bits per heavy atom. The number of anilines is 1. The second-order valence-electron chi connectivity index (χ2n) is 5.14. The number of halogens is 1. The van der Waals surface area contributed by atoms with Gasteiger partial charge in [0.25, 0.3) is 5.91 Å². The van der Waals surface area contributed by atoms with Crippen molar-refractivity contribution in [3.05, 3.63) is 35.0 Å². The molecule has 2 aliphatic rings. The van der Waals surface area contributed by atoms with Gasteiger partial charge in [0.2, 0.25) is 0 Å². The molecular weight excluding hydrogens is 260 g/mol. The summed E-state index contributed by atoms with van der Waals surface area (Å²) >= 11 is 6.03. The van der Waals surface area contributed by atoms with Crippen LogP contribution in [0.1, 0.15) is 31.2 Å². The van der Waals surface area contributed by atoms with E-state index in [-0.39, 0.29) is 5.91 Å². The highest BCUT2D eigenvalue weighted by Crippen LogP contribution is 2.34. The quantitative estimate of drug-likeness (QED) is 0.796. The third-order valence-corrected chi connectivity index (χ3v) is 3.95. The number of hydrogen-bond acceptors (Lipinski definition) is 2. The minimum atomic E-state index is -0.0264. The van der Waals surface area contributed by atoms with Crippen LogP contribution in [0.5, 0.6) is 0 Å². The Hall–Kier alpha value is -1.48. The van der Waals surface area contributed by atoms with Crippen LogP contribution < -0.4 is 5.32 Å². The molecule has 19 heavy (non-hydrogen) atoms. The fraction of sp³-hybridized carbons (Fsp3) is 0.400. The number of fused-ring (bicyclic) bond motifs is 1. The maximum Gasteiger partial charge on any atom is 0.257 e. The molecule has 3 nitrogen and oxygen atoms in total. The number of nitrogens with one attached hydrogen (secondary N) is 1. The van der Waals surface area contributed by atoms with Crippen molar-refractivity contribution in [2.45, 2.75) is 25.7 Å². The van der Waals surface area contributed by atoms with Gasteiger partial charge in [0.15, 0.2) is 0 Å². The highest BCUT2D eigenvalue weighted by molar-refractivity contribution is 6.34. The maximum absolute atomic E-state index is 12.1. The molecule has 0 aliphatic carbocycles. The molecule has 1 N–H and O–H groups in total. The largest absolute Gasteiger partial charge is 0.377 e. The van der Waals surface area contributed by atoms with Gasteiger partial charge in [0, 0.05) is 35.6 Å². The first kappa shape index (κ1) is 12.5. The highest BCUT2D eigenvalue weighted by atomic mass is 35.5. The molecule has 100 valence electrons. The number of nitrogens with zero attached hydrogens (tertiary/aromatic N) is 1. The van der Waals surface area contributed by atoms with Crippen molar-refractivity contribution in [3.8, 4) is 0 Å². The van der Waals surface area contributed by atoms with Gasteiger partial charge in [-0.05, 0) is 31.0 Å². The Bertz CT molecular complexity index is 531. The first-order chi connectivity index (χ1) is 9.24. The third kappa shape index (κ3) is 2.61. The molecule has 0 radical (unpaired) electrons. The summed E-state index contributed by atoms with van der Waals surface area (Å²) in [6, 6.07) is 5.52. The lowest BCUT2D eigenvalue weighted by molar-refractivity contribution is -0.110. The van der Waals surface area contributed by atoms with Crippen LogP contribution in [0.15, 0.2) is 24.4 Å². The standard InChI is InChI=1S/C15H17ClN2O/c16-11-5-6-14-12(9-11)13(15(19)17-14)10-18-7-3-1-2-4-8-18/h5-6,9-10H,1-4,7-8H2,(H,17,19)/b13-10+. The Morgan fingerprint density at radius 1 is 1.16 bits per heavy atom. The second kappa shape index (κ2) is 5.25. The van der Waals surface area contributed by atoms with Crippen LogP contribution in [-0.2, 0) is 4.79 Å². The molecular formula is C15H17ClN2O. The highest BCUT2D eigenvalue weighted by Gasteiger charge is 2.25. The summed E-state index contributed by atoms with van der Waals surface area (Å²) in [5.41, 5.74) is 2.51. The van der Waals surface area contributed by atoms with Crippen molar-refractivity contribution in [3.63, 3.8) is 0 Å². The predicted octanol–water partition coefficient (Wildman–Crippen LogP) is 3.51. The average molecular weight is 277 g/mol. The summed E-state index contributed by atoms with van der Waals surface area (Å²) in [6.07, 6.45) is 6.98. The van der Waals surface area contributed by atoms with Gasteiger partial charge in [0.1, 0.15) is 0 Å². The molecule has 1 saturated heterocycles. The van der Waals surface area contributed by atoms with Crippen LogP contribution in [0.4, 0.5) is 5.69 Å². The van der Waals surface area contributed by atoms with Crippen LogP contribution in [0.3, 0.4) is 0 Å². The van der Waals surface area contributed by atoms with Crippen molar-refractivity contribution < 1.29 is 4.79 Å². The molecule has 1 amide bonds. The Kier molecular flexibility index (Phi) is 3.47. The number of hydrogen-bond donors (Lipinski definition) is 1. The summed E-state index contributed by atoms with van der Waals surface area (Å²) in [7, 11) is 0. The van der Waals surface area contributed by atoms with Gasteiger partial charge in [0.05, 0.1) is 5.57 Å². The summed E-state index contributed by atoms with van der Waals surface area (Å²) in [5.74, 6) is -0.0264. The zero-order chi connectivity index (χ0) is 13.2. The van der Waals surface area contributed by atoms with Crippen LogP contribution >= 0.6 is 11.6 Å². The zero-order valence-corrected chi connectivity index (χ0v) is 11.5. The summed E-state index contributed by atoms with van der Waals surface area (Å²) in [5, 5.41) is 3.55. The number of likely N-dealkylation sites (tertiary alicyclic amines) is 1. The van der Waals surface area contributed by atoms with E-state index in [1.54, 1.807) is 6.07 Å². The van der Waals surface area contributed by atoms with Crippen molar-refractivity contribution in [1.29, 1.82) is 0 Å². The lowest BCUT2D eigenvalue weighted by atomic mass is 10.1. The second-order valence-corrected chi connectivity index (χ2v) is 5.57. The van der Waals surface area contributed by atoms with E-state index in [1.807, 2.05) is 18.3 Å². The normalized spacial score (nSPS) is 21.2. The Balaban J connectivity index is 1.92. The number of rotatable bonds is 1. The maximum atomic E-state index is 12.1. The molecule has 0 saturated carbocycles.